The van der Waals surface area contributed by atoms with Gasteiger partial charge in [-0.05, 0) is 30.6 Å². The lowest BCUT2D eigenvalue weighted by Crippen LogP contribution is -2.43. The van der Waals surface area contributed by atoms with E-state index < -0.39 is 5.97 Å². The highest BCUT2D eigenvalue weighted by molar-refractivity contribution is 5.73. The first kappa shape index (κ1) is 8.05. The van der Waals surface area contributed by atoms with Gasteiger partial charge >= 0.3 is 5.97 Å². The Morgan fingerprint density at radius 3 is 2.67 bits per heavy atom. The Morgan fingerprint density at radius 2 is 2.33 bits per heavy atom. The van der Waals surface area contributed by atoms with Gasteiger partial charge in [-0.3, -0.25) is 4.79 Å². The molecule has 3 nitrogen and oxygen atoms in total. The third kappa shape index (κ3) is 0.829. The van der Waals surface area contributed by atoms with Crippen LogP contribution in [0.3, 0.4) is 0 Å². The normalized spacial score (nSPS) is 51.3. The summed E-state index contributed by atoms with van der Waals surface area (Å²) in [6, 6.07) is -0.0961. The molecule has 4 atom stereocenters. The van der Waals surface area contributed by atoms with E-state index in [1.165, 1.54) is 0 Å². The predicted octanol–water partition coefficient (Wildman–Crippen LogP) is 0.834. The van der Waals surface area contributed by atoms with Crippen LogP contribution < -0.4 is 5.73 Å². The predicted molar refractivity (Wildman–Crippen MR) is 44.5 cm³/mol. The molecule has 2 saturated carbocycles. The summed E-state index contributed by atoms with van der Waals surface area (Å²) in [5, 5.41) is 8.99. The zero-order valence-corrected chi connectivity index (χ0v) is 7.29. The van der Waals surface area contributed by atoms with Gasteiger partial charge < -0.3 is 10.8 Å². The van der Waals surface area contributed by atoms with Crippen LogP contribution in [0.25, 0.3) is 0 Å². The van der Waals surface area contributed by atoms with Gasteiger partial charge in [-0.25, -0.2) is 0 Å². The largest absolute Gasteiger partial charge is 0.481 e. The number of carboxylic acid groups (broad SMARTS) is 1. The third-order valence-electron chi connectivity index (χ3n) is 3.76. The van der Waals surface area contributed by atoms with E-state index in [4.69, 9.17) is 10.8 Å². The van der Waals surface area contributed by atoms with Crippen molar-refractivity contribution >= 4 is 5.97 Å². The number of carboxylic acids is 1. The Hall–Kier alpha value is -0.570. The summed E-state index contributed by atoms with van der Waals surface area (Å²) in [5.41, 5.74) is 5.87. The first-order chi connectivity index (χ1) is 5.54. The van der Waals surface area contributed by atoms with Crippen molar-refractivity contribution in [3.8, 4) is 0 Å². The molecule has 0 amide bonds. The van der Waals surface area contributed by atoms with Gasteiger partial charge in [0.25, 0.3) is 0 Å². The maximum absolute atomic E-state index is 10.9. The van der Waals surface area contributed by atoms with E-state index in [-0.39, 0.29) is 17.4 Å². The van der Waals surface area contributed by atoms with E-state index in [9.17, 15) is 4.79 Å². The molecule has 0 radical (unpaired) electrons. The van der Waals surface area contributed by atoms with Crippen LogP contribution in [0.5, 0.6) is 0 Å². The molecule has 2 fully saturated rings. The van der Waals surface area contributed by atoms with Crippen LogP contribution in [0, 0.1) is 17.3 Å². The van der Waals surface area contributed by atoms with E-state index in [1.54, 1.807) is 0 Å². The molecule has 3 N–H and O–H groups in total. The van der Waals surface area contributed by atoms with Crippen molar-refractivity contribution in [1.82, 2.24) is 0 Å². The lowest BCUT2D eigenvalue weighted by Gasteiger charge is -2.31. The Morgan fingerprint density at radius 1 is 1.67 bits per heavy atom. The summed E-state index contributed by atoms with van der Waals surface area (Å²) < 4.78 is 0. The van der Waals surface area contributed by atoms with Crippen molar-refractivity contribution in [2.24, 2.45) is 23.0 Å². The summed E-state index contributed by atoms with van der Waals surface area (Å²) in [6.07, 6.45) is 3.19. The molecule has 0 aromatic heterocycles. The van der Waals surface area contributed by atoms with Crippen molar-refractivity contribution in [2.45, 2.75) is 32.2 Å². The summed E-state index contributed by atoms with van der Waals surface area (Å²) in [7, 11) is 0. The van der Waals surface area contributed by atoms with Crippen molar-refractivity contribution in [1.29, 1.82) is 0 Å². The van der Waals surface area contributed by atoms with Gasteiger partial charge in [0.05, 0.1) is 5.92 Å². The second kappa shape index (κ2) is 2.22. The highest BCUT2D eigenvalue weighted by Gasteiger charge is 2.56. The Bertz CT molecular complexity index is 229. The van der Waals surface area contributed by atoms with Gasteiger partial charge in [0, 0.05) is 6.04 Å². The zero-order valence-electron chi connectivity index (χ0n) is 7.29. The monoisotopic (exact) mass is 169 g/mol. The number of hydrogen-bond donors (Lipinski definition) is 2. The number of carbonyl (C=O) groups is 1. The first-order valence-electron chi connectivity index (χ1n) is 4.53. The third-order valence-corrected chi connectivity index (χ3v) is 3.76. The van der Waals surface area contributed by atoms with Crippen molar-refractivity contribution < 1.29 is 9.90 Å². The van der Waals surface area contributed by atoms with Crippen LogP contribution in [-0.4, -0.2) is 17.1 Å². The fourth-order valence-electron chi connectivity index (χ4n) is 3.13. The minimum absolute atomic E-state index is 0.00405. The number of rotatable bonds is 1. The fourth-order valence-corrected chi connectivity index (χ4v) is 3.13. The maximum Gasteiger partial charge on any atom is 0.308 e. The number of nitrogens with two attached hydrogens (primary N) is 1. The highest BCUT2D eigenvalue weighted by atomic mass is 16.4. The van der Waals surface area contributed by atoms with Crippen molar-refractivity contribution in [3.63, 3.8) is 0 Å². The molecule has 0 heterocycles. The van der Waals surface area contributed by atoms with E-state index >= 15 is 0 Å². The summed E-state index contributed by atoms with van der Waals surface area (Å²) in [5.74, 6) is -0.528. The minimum atomic E-state index is -0.702. The van der Waals surface area contributed by atoms with Gasteiger partial charge in [0.15, 0.2) is 0 Å². The molecule has 2 bridgehead atoms. The average molecular weight is 169 g/mol. The molecule has 2 aliphatic carbocycles. The number of fused-ring (bicyclic) bond motifs is 2. The van der Waals surface area contributed by atoms with Crippen LogP contribution in [0.2, 0.25) is 0 Å². The second-order valence-corrected chi connectivity index (χ2v) is 4.55. The summed E-state index contributed by atoms with van der Waals surface area (Å²) in [4.78, 5) is 10.9. The number of aliphatic carboxylic acids is 1. The van der Waals surface area contributed by atoms with Gasteiger partial charge in [-0.2, -0.15) is 0 Å². The minimum Gasteiger partial charge on any atom is -0.481 e. The second-order valence-electron chi connectivity index (χ2n) is 4.55. The van der Waals surface area contributed by atoms with Crippen LogP contribution in [0.15, 0.2) is 0 Å². The topological polar surface area (TPSA) is 63.3 Å². The average Bonchev–Trinajstić information content (AvgIpc) is 2.40. The molecule has 0 aromatic rings. The lowest BCUT2D eigenvalue weighted by molar-refractivity contribution is -0.146. The molecule has 12 heavy (non-hydrogen) atoms. The molecule has 68 valence electrons. The van der Waals surface area contributed by atoms with Crippen LogP contribution in [0.4, 0.5) is 0 Å². The Balaban J connectivity index is 2.29. The molecule has 2 rings (SSSR count). The Labute approximate surface area is 71.9 Å². The number of hydrogen-bond acceptors (Lipinski definition) is 2. The molecule has 3 heteroatoms. The lowest BCUT2D eigenvalue weighted by atomic mass is 9.75. The van der Waals surface area contributed by atoms with E-state index in [0.29, 0.717) is 5.92 Å². The molecular weight excluding hydrogens is 154 g/mol. The zero-order chi connectivity index (χ0) is 8.93. The van der Waals surface area contributed by atoms with Gasteiger partial charge in [0.2, 0.25) is 0 Å². The molecule has 0 aromatic carbocycles. The molecular formula is C9H15NO2. The quantitative estimate of drug-likeness (QED) is 0.611. The van der Waals surface area contributed by atoms with Gasteiger partial charge in [0.1, 0.15) is 0 Å². The molecule has 0 aliphatic heterocycles. The summed E-state index contributed by atoms with van der Waals surface area (Å²) in [6.45, 7) is 2.07. The summed E-state index contributed by atoms with van der Waals surface area (Å²) >= 11 is 0. The highest BCUT2D eigenvalue weighted by Crippen LogP contribution is 2.56. The molecule has 0 spiro atoms. The van der Waals surface area contributed by atoms with Gasteiger partial charge in [-0.15, -0.1) is 0 Å². The van der Waals surface area contributed by atoms with Crippen LogP contribution in [0.1, 0.15) is 26.2 Å². The molecule has 0 unspecified atom stereocenters. The van der Waals surface area contributed by atoms with Crippen molar-refractivity contribution in [2.75, 3.05) is 0 Å². The fraction of sp³-hybridized carbons (Fsp3) is 0.889. The molecule has 2 aliphatic rings. The first-order valence-corrected chi connectivity index (χ1v) is 4.53. The SMILES string of the molecule is C[C@@]12CC[C@@H](C1)[C@@H](N)[C@H]2C(=O)O. The Kier molecular flexibility index (Phi) is 1.49. The van der Waals surface area contributed by atoms with Crippen LogP contribution >= 0.6 is 0 Å². The maximum atomic E-state index is 10.9. The van der Waals surface area contributed by atoms with E-state index in [2.05, 4.69) is 6.92 Å². The van der Waals surface area contributed by atoms with Gasteiger partial charge in [-0.1, -0.05) is 6.92 Å². The van der Waals surface area contributed by atoms with Crippen molar-refractivity contribution in [3.05, 3.63) is 0 Å². The smallest absolute Gasteiger partial charge is 0.308 e. The van der Waals surface area contributed by atoms with Crippen LogP contribution in [-0.2, 0) is 4.79 Å². The standard InChI is InChI=1S/C9H15NO2/c1-9-3-2-5(4-9)7(10)6(9)8(11)12/h5-7H,2-4,10H2,1H3,(H,11,12)/t5-,6-,7+,9+/m0/s1. The van der Waals surface area contributed by atoms with E-state index in [1.807, 2.05) is 0 Å². The van der Waals surface area contributed by atoms with E-state index in [0.717, 1.165) is 19.3 Å². The molecule has 0 saturated heterocycles.